The molecule has 0 saturated heterocycles. The van der Waals surface area contributed by atoms with Crippen molar-refractivity contribution in [3.05, 3.63) is 65.7 Å². The molecule has 0 fully saturated rings. The van der Waals surface area contributed by atoms with Gasteiger partial charge in [0.2, 0.25) is 0 Å². The molecular formula is C17H20O. The Kier molecular flexibility index (Phi) is 4.40. The van der Waals surface area contributed by atoms with Crippen molar-refractivity contribution in [2.45, 2.75) is 20.3 Å². The molecule has 0 aliphatic heterocycles. The van der Waals surface area contributed by atoms with E-state index in [1.54, 1.807) is 0 Å². The van der Waals surface area contributed by atoms with Crippen LogP contribution >= 0.6 is 0 Å². The Hall–Kier alpha value is -1.76. The lowest BCUT2D eigenvalue weighted by Crippen LogP contribution is -2.04. The van der Waals surface area contributed by atoms with E-state index in [1.165, 1.54) is 11.1 Å². The highest BCUT2D eigenvalue weighted by Crippen LogP contribution is 2.15. The van der Waals surface area contributed by atoms with Crippen molar-refractivity contribution in [1.29, 1.82) is 0 Å². The second-order valence-corrected chi connectivity index (χ2v) is 5.01. The first kappa shape index (κ1) is 12.7. The predicted molar refractivity (Wildman–Crippen MR) is 76.0 cm³/mol. The van der Waals surface area contributed by atoms with Crippen molar-refractivity contribution in [1.82, 2.24) is 0 Å². The molecule has 2 aromatic rings. The van der Waals surface area contributed by atoms with Crippen molar-refractivity contribution in [2.75, 3.05) is 6.61 Å². The topological polar surface area (TPSA) is 9.23 Å². The molecule has 94 valence electrons. The summed E-state index contributed by atoms with van der Waals surface area (Å²) in [6.07, 6.45) is 0.977. The van der Waals surface area contributed by atoms with Gasteiger partial charge in [-0.1, -0.05) is 56.3 Å². The Labute approximate surface area is 109 Å². The van der Waals surface area contributed by atoms with Crippen molar-refractivity contribution in [2.24, 2.45) is 5.92 Å². The van der Waals surface area contributed by atoms with Crippen LogP contribution in [0.25, 0.3) is 0 Å². The van der Waals surface area contributed by atoms with Gasteiger partial charge in [0.05, 0.1) is 6.61 Å². The smallest absolute Gasteiger partial charge is 0.119 e. The predicted octanol–water partition coefficient (Wildman–Crippen LogP) is 4.31. The normalized spacial score (nSPS) is 10.6. The Morgan fingerprint density at radius 3 is 2.06 bits per heavy atom. The van der Waals surface area contributed by atoms with Gasteiger partial charge in [0.15, 0.2) is 0 Å². The highest BCUT2D eigenvalue weighted by atomic mass is 16.5. The van der Waals surface area contributed by atoms with Crippen molar-refractivity contribution in [3.63, 3.8) is 0 Å². The van der Waals surface area contributed by atoms with Gasteiger partial charge in [0.1, 0.15) is 5.75 Å². The van der Waals surface area contributed by atoms with E-state index in [0.717, 1.165) is 18.8 Å². The number of ether oxygens (including phenoxy) is 1. The van der Waals surface area contributed by atoms with E-state index in [1.807, 2.05) is 6.07 Å². The molecule has 0 atom stereocenters. The summed E-state index contributed by atoms with van der Waals surface area (Å²) in [4.78, 5) is 0. The molecule has 0 radical (unpaired) electrons. The molecule has 0 aliphatic rings. The minimum atomic E-state index is 0.564. The molecule has 0 saturated carbocycles. The fourth-order valence-corrected chi connectivity index (χ4v) is 1.80. The Balaban J connectivity index is 1.95. The van der Waals surface area contributed by atoms with Gasteiger partial charge in [0, 0.05) is 0 Å². The number of hydrogen-bond donors (Lipinski definition) is 0. The van der Waals surface area contributed by atoms with Crippen LogP contribution in [0.3, 0.4) is 0 Å². The SMILES string of the molecule is CC(C)COc1ccc(Cc2ccccc2)cc1. The molecule has 2 rings (SSSR count). The second kappa shape index (κ2) is 6.25. The van der Waals surface area contributed by atoms with Crippen LogP contribution in [0.1, 0.15) is 25.0 Å². The maximum absolute atomic E-state index is 5.67. The third-order valence-corrected chi connectivity index (χ3v) is 2.76. The molecule has 0 aliphatic carbocycles. The lowest BCUT2D eigenvalue weighted by molar-refractivity contribution is 0.271. The summed E-state index contributed by atoms with van der Waals surface area (Å²) in [5, 5.41) is 0. The standard InChI is InChI=1S/C17H20O/c1-14(2)13-18-17-10-8-16(9-11-17)12-15-6-4-3-5-7-15/h3-11,14H,12-13H2,1-2H3. The van der Waals surface area contributed by atoms with E-state index in [-0.39, 0.29) is 0 Å². The quantitative estimate of drug-likeness (QED) is 0.756. The molecule has 0 heterocycles. The summed E-state index contributed by atoms with van der Waals surface area (Å²) < 4.78 is 5.67. The van der Waals surface area contributed by atoms with Gasteiger partial charge >= 0.3 is 0 Å². The van der Waals surface area contributed by atoms with Crippen LogP contribution in [0, 0.1) is 5.92 Å². The van der Waals surface area contributed by atoms with Gasteiger partial charge in [0.25, 0.3) is 0 Å². The van der Waals surface area contributed by atoms with Crippen LogP contribution in [-0.4, -0.2) is 6.61 Å². The zero-order valence-corrected chi connectivity index (χ0v) is 11.1. The van der Waals surface area contributed by atoms with Crippen LogP contribution in [-0.2, 0) is 6.42 Å². The average molecular weight is 240 g/mol. The molecule has 18 heavy (non-hydrogen) atoms. The molecule has 1 nitrogen and oxygen atoms in total. The van der Waals surface area contributed by atoms with E-state index >= 15 is 0 Å². The van der Waals surface area contributed by atoms with Crippen molar-refractivity contribution >= 4 is 0 Å². The fraction of sp³-hybridized carbons (Fsp3) is 0.294. The largest absolute Gasteiger partial charge is 0.493 e. The summed E-state index contributed by atoms with van der Waals surface area (Å²) >= 11 is 0. The van der Waals surface area contributed by atoms with Crippen LogP contribution in [0.15, 0.2) is 54.6 Å². The maximum Gasteiger partial charge on any atom is 0.119 e. The van der Waals surface area contributed by atoms with Crippen molar-refractivity contribution in [3.8, 4) is 5.75 Å². The molecule has 0 spiro atoms. The van der Waals surface area contributed by atoms with Crippen LogP contribution in [0.2, 0.25) is 0 Å². The van der Waals surface area contributed by atoms with E-state index in [2.05, 4.69) is 62.4 Å². The first-order valence-electron chi connectivity index (χ1n) is 6.49. The zero-order chi connectivity index (χ0) is 12.8. The van der Waals surface area contributed by atoms with Gasteiger partial charge in [-0.2, -0.15) is 0 Å². The zero-order valence-electron chi connectivity index (χ0n) is 11.1. The summed E-state index contributed by atoms with van der Waals surface area (Å²) in [6.45, 7) is 5.09. The number of hydrogen-bond acceptors (Lipinski definition) is 1. The Morgan fingerprint density at radius 1 is 0.833 bits per heavy atom. The third-order valence-electron chi connectivity index (χ3n) is 2.76. The second-order valence-electron chi connectivity index (χ2n) is 5.01. The monoisotopic (exact) mass is 240 g/mol. The summed E-state index contributed by atoms with van der Waals surface area (Å²) in [5.74, 6) is 1.52. The third kappa shape index (κ3) is 3.92. The van der Waals surface area contributed by atoms with Gasteiger partial charge in [-0.25, -0.2) is 0 Å². The molecule has 0 amide bonds. The summed E-state index contributed by atoms with van der Waals surface area (Å²) in [5.41, 5.74) is 2.66. The molecule has 1 heteroatoms. The first-order chi connectivity index (χ1) is 8.74. The van der Waals surface area contributed by atoms with E-state index in [4.69, 9.17) is 4.74 Å². The lowest BCUT2D eigenvalue weighted by atomic mass is 10.1. The molecule has 2 aromatic carbocycles. The summed E-state index contributed by atoms with van der Waals surface area (Å²) in [7, 11) is 0. The molecular weight excluding hydrogens is 220 g/mol. The lowest BCUT2D eigenvalue weighted by Gasteiger charge is -2.09. The number of benzene rings is 2. The van der Waals surface area contributed by atoms with E-state index in [0.29, 0.717) is 5.92 Å². The Bertz CT molecular complexity index is 457. The van der Waals surface area contributed by atoms with Crippen LogP contribution in [0.5, 0.6) is 5.75 Å². The summed E-state index contributed by atoms with van der Waals surface area (Å²) in [6, 6.07) is 18.9. The molecule has 0 unspecified atom stereocenters. The van der Waals surface area contributed by atoms with Gasteiger partial charge in [-0.3, -0.25) is 0 Å². The van der Waals surface area contributed by atoms with Crippen LogP contribution in [0.4, 0.5) is 0 Å². The Morgan fingerprint density at radius 2 is 1.44 bits per heavy atom. The highest BCUT2D eigenvalue weighted by molar-refractivity contribution is 5.31. The highest BCUT2D eigenvalue weighted by Gasteiger charge is 1.99. The molecule has 0 N–H and O–H groups in total. The van der Waals surface area contributed by atoms with Crippen LogP contribution < -0.4 is 4.74 Å². The minimum Gasteiger partial charge on any atom is -0.493 e. The first-order valence-corrected chi connectivity index (χ1v) is 6.49. The number of rotatable bonds is 5. The molecule has 0 aromatic heterocycles. The van der Waals surface area contributed by atoms with Gasteiger partial charge < -0.3 is 4.74 Å². The van der Waals surface area contributed by atoms with Gasteiger partial charge in [-0.15, -0.1) is 0 Å². The maximum atomic E-state index is 5.67. The average Bonchev–Trinajstić information content (AvgIpc) is 2.39. The van der Waals surface area contributed by atoms with Crippen molar-refractivity contribution < 1.29 is 4.74 Å². The van der Waals surface area contributed by atoms with E-state index in [9.17, 15) is 0 Å². The van der Waals surface area contributed by atoms with E-state index < -0.39 is 0 Å². The fourth-order valence-electron chi connectivity index (χ4n) is 1.80. The van der Waals surface area contributed by atoms with Gasteiger partial charge in [-0.05, 0) is 35.6 Å². The minimum absolute atomic E-state index is 0.564. The molecule has 0 bridgehead atoms.